The highest BCUT2D eigenvalue weighted by atomic mass is 31.2. The minimum Gasteiger partial charge on any atom is -0.462 e. The maximum absolute atomic E-state index is 15.2. The molecule has 0 aromatic heterocycles. The van der Waals surface area contributed by atoms with Crippen molar-refractivity contribution in [2.45, 2.75) is 44.7 Å². The quantitative estimate of drug-likeness (QED) is 0.125. The van der Waals surface area contributed by atoms with Crippen molar-refractivity contribution in [1.82, 2.24) is 0 Å². The average Bonchev–Trinajstić information content (AvgIpc) is 2.92. The molecule has 3 rings (SSSR count). The SMILES string of the molecule is CCCc1ccccc1P(=C(C(=O)OCC)C(=O)C(F)(F)C(F)(F)C(F)(F)F)(c1ccccc1)c1ccccc1. The summed E-state index contributed by atoms with van der Waals surface area (Å²) in [5, 5.41) is -1.03. The predicted molar refractivity (Wildman–Crippen MR) is 142 cm³/mol. The summed E-state index contributed by atoms with van der Waals surface area (Å²) in [6, 6.07) is 21.1. The van der Waals surface area contributed by atoms with Crippen LogP contribution < -0.4 is 15.9 Å². The van der Waals surface area contributed by atoms with E-state index in [1.54, 1.807) is 24.3 Å². The first-order chi connectivity index (χ1) is 18.8. The number of hydrogen-bond donors (Lipinski definition) is 0. The Bertz CT molecular complexity index is 1360. The van der Waals surface area contributed by atoms with Gasteiger partial charge in [0.15, 0.2) is 0 Å². The molecule has 0 amide bonds. The van der Waals surface area contributed by atoms with Crippen molar-refractivity contribution >= 4 is 39.8 Å². The van der Waals surface area contributed by atoms with Gasteiger partial charge in [-0.05, 0) is 41.7 Å². The van der Waals surface area contributed by atoms with Crippen LogP contribution in [-0.4, -0.2) is 41.7 Å². The Morgan fingerprint density at radius 1 is 0.725 bits per heavy atom. The van der Waals surface area contributed by atoms with Crippen LogP contribution in [0.1, 0.15) is 25.8 Å². The maximum Gasteiger partial charge on any atom is 0.460 e. The Morgan fingerprint density at radius 2 is 1.20 bits per heavy atom. The molecule has 0 aliphatic rings. The number of carbonyl (C=O) groups is 2. The first kappa shape index (κ1) is 31.1. The first-order valence-corrected chi connectivity index (χ1v) is 14.1. The lowest BCUT2D eigenvalue weighted by atomic mass is 10.0. The summed E-state index contributed by atoms with van der Waals surface area (Å²) in [6.07, 6.45) is -5.92. The molecule has 0 spiro atoms. The largest absolute Gasteiger partial charge is 0.462 e. The molecule has 0 saturated carbocycles. The van der Waals surface area contributed by atoms with Gasteiger partial charge in [0, 0.05) is 0 Å². The smallest absolute Gasteiger partial charge is 0.460 e. The van der Waals surface area contributed by atoms with Crippen LogP contribution in [0, 0.1) is 0 Å². The van der Waals surface area contributed by atoms with Gasteiger partial charge in [0.25, 0.3) is 0 Å². The van der Waals surface area contributed by atoms with Crippen molar-refractivity contribution in [2.75, 3.05) is 6.61 Å². The van der Waals surface area contributed by atoms with Crippen LogP contribution in [0.15, 0.2) is 84.9 Å². The van der Waals surface area contributed by atoms with Crippen LogP contribution >= 0.6 is 6.89 Å². The van der Waals surface area contributed by atoms with Crippen molar-refractivity contribution in [1.29, 1.82) is 0 Å². The molecular weight excluding hydrogens is 560 g/mol. The topological polar surface area (TPSA) is 43.4 Å². The number of halogens is 7. The van der Waals surface area contributed by atoms with E-state index in [0.717, 1.165) is 0 Å². The van der Waals surface area contributed by atoms with Crippen LogP contribution in [0.5, 0.6) is 0 Å². The van der Waals surface area contributed by atoms with Crippen LogP contribution in [0.3, 0.4) is 0 Å². The molecule has 0 unspecified atom stereocenters. The zero-order valence-electron chi connectivity index (χ0n) is 21.5. The third-order valence-electron chi connectivity index (χ3n) is 6.21. The third-order valence-corrected chi connectivity index (χ3v) is 10.6. The molecule has 0 N–H and O–H groups in total. The number of aryl methyl sites for hydroxylation is 1. The molecular formula is C29H26F7O3P. The molecule has 0 atom stereocenters. The molecule has 0 radical (unpaired) electrons. The van der Waals surface area contributed by atoms with Crippen LogP contribution in [0.2, 0.25) is 0 Å². The monoisotopic (exact) mass is 586 g/mol. The van der Waals surface area contributed by atoms with E-state index in [1.807, 2.05) is 6.92 Å². The van der Waals surface area contributed by atoms with Gasteiger partial charge >= 0.3 is 24.0 Å². The third kappa shape index (κ3) is 5.33. The van der Waals surface area contributed by atoms with Crippen molar-refractivity contribution in [3.63, 3.8) is 0 Å². The fourth-order valence-corrected chi connectivity index (χ4v) is 9.04. The molecule has 0 saturated heterocycles. The number of ether oxygens (including phenoxy) is 1. The molecule has 0 fully saturated rings. The molecule has 40 heavy (non-hydrogen) atoms. The second kappa shape index (κ2) is 12.0. The van der Waals surface area contributed by atoms with Crippen molar-refractivity contribution < 1.29 is 45.1 Å². The van der Waals surface area contributed by atoms with E-state index in [2.05, 4.69) is 0 Å². The van der Waals surface area contributed by atoms with Gasteiger partial charge in [0.05, 0.1) is 6.61 Å². The number of Topliss-reactive ketones (excluding diaryl/α,β-unsaturated/α-hetero) is 1. The van der Waals surface area contributed by atoms with Gasteiger partial charge in [-0.3, -0.25) is 4.79 Å². The Morgan fingerprint density at radius 3 is 1.65 bits per heavy atom. The highest BCUT2D eigenvalue weighted by Gasteiger charge is 2.77. The maximum atomic E-state index is 15.2. The molecule has 3 aromatic carbocycles. The normalized spacial score (nSPS) is 12.6. The fraction of sp³-hybridized carbons (Fsp3) is 0.276. The van der Waals surface area contributed by atoms with Crippen molar-refractivity contribution in [3.8, 4) is 0 Å². The van der Waals surface area contributed by atoms with Gasteiger partial charge < -0.3 is 4.74 Å². The van der Waals surface area contributed by atoms with Gasteiger partial charge in [-0.25, -0.2) is 4.79 Å². The van der Waals surface area contributed by atoms with Gasteiger partial charge in [-0.15, -0.1) is 0 Å². The second-order valence-electron chi connectivity index (χ2n) is 8.77. The molecule has 0 bridgehead atoms. The van der Waals surface area contributed by atoms with Crippen LogP contribution in [0.25, 0.3) is 0 Å². The predicted octanol–water partition coefficient (Wildman–Crippen LogP) is 6.07. The minimum atomic E-state index is -6.79. The summed E-state index contributed by atoms with van der Waals surface area (Å²) in [7, 11) is 0. The average molecular weight is 586 g/mol. The number of rotatable bonds is 10. The van der Waals surface area contributed by atoms with E-state index in [4.69, 9.17) is 4.74 Å². The number of hydrogen-bond acceptors (Lipinski definition) is 3. The second-order valence-corrected chi connectivity index (χ2v) is 12.1. The lowest BCUT2D eigenvalue weighted by molar-refractivity contribution is -0.342. The lowest BCUT2D eigenvalue weighted by Crippen LogP contribution is -2.59. The Balaban J connectivity index is 2.74. The molecule has 0 aliphatic heterocycles. The Kier molecular flexibility index (Phi) is 9.35. The van der Waals surface area contributed by atoms with E-state index in [9.17, 15) is 31.5 Å². The summed E-state index contributed by atoms with van der Waals surface area (Å²) in [5.41, 5.74) is 0.506. The minimum absolute atomic E-state index is 0.118. The summed E-state index contributed by atoms with van der Waals surface area (Å²) < 4.78 is 104. The highest BCUT2D eigenvalue weighted by Crippen LogP contribution is 2.52. The zero-order chi connectivity index (χ0) is 29.8. The van der Waals surface area contributed by atoms with E-state index in [0.29, 0.717) is 18.4 Å². The number of alkyl halides is 7. The van der Waals surface area contributed by atoms with E-state index >= 15 is 8.78 Å². The van der Waals surface area contributed by atoms with Gasteiger partial charge in [0.2, 0.25) is 5.78 Å². The Labute approximate surface area is 226 Å². The number of benzene rings is 3. The molecule has 3 nitrogen and oxygen atoms in total. The summed E-state index contributed by atoms with van der Waals surface area (Å²) in [5.74, 6) is -17.7. The summed E-state index contributed by atoms with van der Waals surface area (Å²) in [6.45, 7) is -1.53. The van der Waals surface area contributed by atoms with E-state index in [-0.39, 0.29) is 15.9 Å². The van der Waals surface area contributed by atoms with E-state index < -0.39 is 48.6 Å². The zero-order valence-corrected chi connectivity index (χ0v) is 22.4. The van der Waals surface area contributed by atoms with Crippen molar-refractivity contribution in [3.05, 3.63) is 90.5 Å². The summed E-state index contributed by atoms with van der Waals surface area (Å²) >= 11 is 0. The van der Waals surface area contributed by atoms with Gasteiger partial charge in [0.1, 0.15) is 5.29 Å². The lowest BCUT2D eigenvalue weighted by Gasteiger charge is -2.35. The standard InChI is InChI=1S/C29H26F7O3P/c1-3-13-20-14-11-12-19-23(20)40(21-15-7-5-8-16-21,22-17-9-6-10-18-22)24(26(38)39-4-2)25(37)27(30,31)28(32,33)29(34,35)36/h5-12,14-19H,3-4,13H2,1-2H3. The molecule has 214 valence electrons. The number of carbonyl (C=O) groups excluding carboxylic acids is 2. The fourth-order valence-electron chi connectivity index (χ4n) is 4.48. The van der Waals surface area contributed by atoms with Gasteiger partial charge in [-0.2, -0.15) is 30.7 Å². The molecule has 0 aliphatic carbocycles. The van der Waals surface area contributed by atoms with Crippen molar-refractivity contribution in [2.24, 2.45) is 0 Å². The summed E-state index contributed by atoms with van der Waals surface area (Å²) in [4.78, 5) is 27.1. The molecule has 0 heterocycles. The number of esters is 1. The highest BCUT2D eigenvalue weighted by molar-refractivity contribution is 7.97. The van der Waals surface area contributed by atoms with E-state index in [1.165, 1.54) is 67.6 Å². The van der Waals surface area contributed by atoms with Crippen LogP contribution in [-0.2, 0) is 20.7 Å². The Hall–Kier alpha value is -3.39. The van der Waals surface area contributed by atoms with Gasteiger partial charge in [-0.1, -0.05) is 98.3 Å². The molecule has 3 aromatic rings. The first-order valence-electron chi connectivity index (χ1n) is 12.3. The number of ketones is 1. The molecule has 11 heteroatoms. The van der Waals surface area contributed by atoms with Crippen LogP contribution in [0.4, 0.5) is 30.7 Å².